The molecule has 0 radical (unpaired) electrons. The van der Waals surface area contributed by atoms with E-state index >= 15 is 0 Å². The fraction of sp³-hybridized carbons (Fsp3) is 0.235. The summed E-state index contributed by atoms with van der Waals surface area (Å²) in [5, 5.41) is 8.30. The first kappa shape index (κ1) is 24.6. The van der Waals surface area contributed by atoms with Crippen LogP contribution in [0.4, 0.5) is 0 Å². The molecule has 7 rings (SSSR count). The number of benzene rings is 3. The molecule has 40 heavy (non-hydrogen) atoms. The van der Waals surface area contributed by atoms with Crippen LogP contribution in [0.2, 0.25) is 0 Å². The van der Waals surface area contributed by atoms with Gasteiger partial charge in [-0.05, 0) is 49.4 Å². The highest BCUT2D eigenvalue weighted by atomic mass is 16.2. The van der Waals surface area contributed by atoms with Crippen LogP contribution in [0.5, 0.6) is 0 Å². The molecule has 2 amide bonds. The summed E-state index contributed by atoms with van der Waals surface area (Å²) in [6.45, 7) is 3.52. The zero-order valence-electron chi connectivity index (χ0n) is 22.4. The summed E-state index contributed by atoms with van der Waals surface area (Å²) in [6, 6.07) is 27.0. The quantitative estimate of drug-likeness (QED) is 0.292. The third-order valence-corrected chi connectivity index (χ3v) is 8.44. The average molecular weight is 529 g/mol. The van der Waals surface area contributed by atoms with E-state index in [4.69, 9.17) is 0 Å². The van der Waals surface area contributed by atoms with Gasteiger partial charge >= 0.3 is 0 Å². The molecule has 2 aromatic heterocycles. The predicted molar refractivity (Wildman–Crippen MR) is 159 cm³/mol. The summed E-state index contributed by atoms with van der Waals surface area (Å²) in [7, 11) is 0. The Morgan fingerprint density at radius 1 is 0.700 bits per heavy atom. The normalized spacial score (nSPS) is 17.8. The van der Waals surface area contributed by atoms with Gasteiger partial charge in [-0.25, -0.2) is 0 Å². The lowest BCUT2D eigenvalue weighted by Crippen LogP contribution is -2.24. The van der Waals surface area contributed by atoms with Crippen LogP contribution in [-0.4, -0.2) is 27.5 Å². The Morgan fingerprint density at radius 3 is 1.93 bits per heavy atom. The van der Waals surface area contributed by atoms with Crippen molar-refractivity contribution in [1.82, 2.24) is 19.8 Å². The van der Waals surface area contributed by atoms with Crippen LogP contribution in [0.25, 0.3) is 33.0 Å². The maximum absolute atomic E-state index is 13.3. The number of nitrogens with one attached hydrogen (secondary N) is 2. The first-order chi connectivity index (χ1) is 19.7. The summed E-state index contributed by atoms with van der Waals surface area (Å²) >= 11 is 0. The van der Waals surface area contributed by atoms with Crippen LogP contribution in [0, 0.1) is 5.92 Å². The molecule has 1 atom stereocenters. The van der Waals surface area contributed by atoms with Gasteiger partial charge in [-0.1, -0.05) is 66.7 Å². The maximum Gasteiger partial charge on any atom is 0.259 e. The van der Waals surface area contributed by atoms with Crippen molar-refractivity contribution in [2.75, 3.05) is 6.54 Å². The molecule has 1 unspecified atom stereocenters. The summed E-state index contributed by atoms with van der Waals surface area (Å²) in [5.74, 6) is -0.144. The number of carbonyl (C=O) groups excluding carboxylic acids is 2. The zero-order chi connectivity index (χ0) is 27.1. The monoisotopic (exact) mass is 528 g/mol. The van der Waals surface area contributed by atoms with Gasteiger partial charge in [0.25, 0.3) is 11.8 Å². The largest absolute Gasteiger partial charge is 0.347 e. The van der Waals surface area contributed by atoms with Gasteiger partial charge < -0.3 is 14.5 Å². The minimum atomic E-state index is -0.324. The lowest BCUT2D eigenvalue weighted by Gasteiger charge is -2.19. The molecule has 6 nitrogen and oxygen atoms in total. The number of nitrogens with zero attached hydrogens (tertiary/aromatic N) is 2. The number of rotatable bonds is 4. The minimum Gasteiger partial charge on any atom is -0.347 e. The molecule has 4 bridgehead atoms. The molecule has 2 aliphatic rings. The summed E-state index contributed by atoms with van der Waals surface area (Å²) < 4.78 is 4.53. The van der Waals surface area contributed by atoms with Gasteiger partial charge in [-0.2, -0.15) is 0 Å². The molecule has 0 spiro atoms. The smallest absolute Gasteiger partial charge is 0.259 e. The van der Waals surface area contributed by atoms with Gasteiger partial charge in [0.05, 0.1) is 11.1 Å². The lowest BCUT2D eigenvalue weighted by molar-refractivity contribution is -0.122. The van der Waals surface area contributed by atoms with Crippen molar-refractivity contribution in [2.24, 2.45) is 5.92 Å². The Bertz CT molecular complexity index is 1780. The van der Waals surface area contributed by atoms with E-state index in [0.717, 1.165) is 78.4 Å². The SMILES string of the molecule is O=C1NC(=O)C2=C1c1cn(c3ccccc13)CCCC(CNCc1ccccc1)CCn1cc2c2ccccc21. The van der Waals surface area contributed by atoms with Crippen molar-refractivity contribution in [3.05, 3.63) is 108 Å². The number of hydrogen-bond acceptors (Lipinski definition) is 3. The Labute approximate surface area is 233 Å². The minimum absolute atomic E-state index is 0.323. The van der Waals surface area contributed by atoms with E-state index in [1.165, 1.54) is 5.56 Å². The van der Waals surface area contributed by atoms with Crippen molar-refractivity contribution in [3.63, 3.8) is 0 Å². The molecule has 0 saturated carbocycles. The fourth-order valence-electron chi connectivity index (χ4n) is 6.47. The third-order valence-electron chi connectivity index (χ3n) is 8.44. The van der Waals surface area contributed by atoms with Gasteiger partial charge in [-0.3, -0.25) is 14.9 Å². The second-order valence-corrected chi connectivity index (χ2v) is 11.0. The molecule has 0 aliphatic carbocycles. The Kier molecular flexibility index (Phi) is 6.33. The van der Waals surface area contributed by atoms with Gasteiger partial charge in [-0.15, -0.1) is 0 Å². The van der Waals surface area contributed by atoms with Crippen molar-refractivity contribution >= 4 is 44.8 Å². The average Bonchev–Trinajstić information content (AvgIpc) is 3.62. The molecule has 2 N–H and O–H groups in total. The van der Waals surface area contributed by atoms with Gasteiger partial charge in [0.15, 0.2) is 0 Å². The molecule has 5 aromatic rings. The van der Waals surface area contributed by atoms with Crippen molar-refractivity contribution in [3.8, 4) is 0 Å². The molecular formula is C34H32N4O2. The van der Waals surface area contributed by atoms with Gasteiger partial charge in [0.2, 0.25) is 0 Å². The molecule has 0 fully saturated rings. The molecule has 2 aliphatic heterocycles. The first-order valence-electron chi connectivity index (χ1n) is 14.2. The van der Waals surface area contributed by atoms with E-state index in [0.29, 0.717) is 17.1 Å². The zero-order valence-corrected chi connectivity index (χ0v) is 22.4. The van der Waals surface area contributed by atoms with E-state index in [-0.39, 0.29) is 11.8 Å². The number of aromatic nitrogens is 2. The summed E-state index contributed by atoms with van der Waals surface area (Å²) in [6.07, 6.45) is 7.31. The Hall–Kier alpha value is -4.42. The number of hydrogen-bond donors (Lipinski definition) is 2. The van der Waals surface area contributed by atoms with Crippen LogP contribution in [-0.2, 0) is 29.2 Å². The van der Waals surface area contributed by atoms with Crippen molar-refractivity contribution in [2.45, 2.75) is 38.9 Å². The van der Waals surface area contributed by atoms with E-state index in [1.807, 2.05) is 24.3 Å². The number of fused-ring (bicyclic) bond motifs is 12. The Balaban J connectivity index is 1.32. The van der Waals surface area contributed by atoms with E-state index < -0.39 is 0 Å². The molecule has 200 valence electrons. The standard InChI is InChI=1S/C34H32N4O2/c39-33-31-27-21-37(29-14-6-4-12-25(27)29)17-8-11-24(20-35-19-23-9-2-1-3-10-23)16-18-38-22-28(32(31)34(40)36-33)26-13-5-7-15-30(26)38/h1-7,9-10,12-15,21-22,24,35H,8,11,16-20H2,(H,36,39,40). The highest BCUT2D eigenvalue weighted by molar-refractivity contribution is 6.50. The van der Waals surface area contributed by atoms with Crippen molar-refractivity contribution < 1.29 is 9.59 Å². The van der Waals surface area contributed by atoms with Crippen LogP contribution >= 0.6 is 0 Å². The first-order valence-corrected chi connectivity index (χ1v) is 14.2. The number of aryl methyl sites for hydroxylation is 2. The highest BCUT2D eigenvalue weighted by Crippen LogP contribution is 2.39. The summed E-state index contributed by atoms with van der Waals surface area (Å²) in [5.41, 5.74) is 6.07. The predicted octanol–water partition coefficient (Wildman–Crippen LogP) is 5.75. The van der Waals surface area contributed by atoms with Crippen LogP contribution in [0.3, 0.4) is 0 Å². The molecule has 3 aromatic carbocycles. The van der Waals surface area contributed by atoms with E-state index in [9.17, 15) is 9.59 Å². The molecule has 6 heteroatoms. The lowest BCUT2D eigenvalue weighted by atomic mass is 9.95. The second-order valence-electron chi connectivity index (χ2n) is 11.0. The van der Waals surface area contributed by atoms with Crippen molar-refractivity contribution in [1.29, 1.82) is 0 Å². The molecule has 4 heterocycles. The highest BCUT2D eigenvalue weighted by Gasteiger charge is 2.35. The third kappa shape index (κ3) is 4.34. The number of para-hydroxylation sites is 2. The molecule has 0 saturated heterocycles. The fourth-order valence-corrected chi connectivity index (χ4v) is 6.47. The topological polar surface area (TPSA) is 68.1 Å². The maximum atomic E-state index is 13.3. The number of carbonyl (C=O) groups is 2. The number of amides is 2. The van der Waals surface area contributed by atoms with Gasteiger partial charge in [0, 0.05) is 65.0 Å². The second kappa shape index (κ2) is 10.3. The number of imide groups is 1. The van der Waals surface area contributed by atoms with E-state index in [1.54, 1.807) is 0 Å². The van der Waals surface area contributed by atoms with Crippen LogP contribution in [0.15, 0.2) is 91.3 Å². The van der Waals surface area contributed by atoms with Gasteiger partial charge in [0.1, 0.15) is 0 Å². The molecular weight excluding hydrogens is 496 g/mol. The van der Waals surface area contributed by atoms with E-state index in [2.05, 4.69) is 86.8 Å². The Morgan fingerprint density at radius 2 is 1.27 bits per heavy atom. The van der Waals surface area contributed by atoms with Crippen LogP contribution < -0.4 is 10.6 Å². The van der Waals surface area contributed by atoms with Crippen LogP contribution in [0.1, 0.15) is 36.0 Å². The summed E-state index contributed by atoms with van der Waals surface area (Å²) in [4.78, 5) is 26.6.